The van der Waals surface area contributed by atoms with Crippen LogP contribution in [0.4, 0.5) is 5.69 Å². The van der Waals surface area contributed by atoms with Crippen LogP contribution in [0.1, 0.15) is 5.56 Å². The minimum atomic E-state index is 0.278. The van der Waals surface area contributed by atoms with Gasteiger partial charge in [0.15, 0.2) is 0 Å². The van der Waals surface area contributed by atoms with Crippen molar-refractivity contribution in [2.24, 2.45) is 4.99 Å². The van der Waals surface area contributed by atoms with Crippen LogP contribution in [0.3, 0.4) is 0 Å². The van der Waals surface area contributed by atoms with Gasteiger partial charge in [-0.1, -0.05) is 91.0 Å². The number of phenolic OH excluding ortho intramolecular Hbond substituents is 1. The lowest BCUT2D eigenvalue weighted by Crippen LogP contribution is -1.90. The Kier molecular flexibility index (Phi) is 5.04. The number of phenols is 1. The smallest absolute Gasteiger partial charge is 0.131 e. The van der Waals surface area contributed by atoms with Crippen LogP contribution >= 0.6 is 0 Å². The summed E-state index contributed by atoms with van der Waals surface area (Å²) in [6.45, 7) is 0. The van der Waals surface area contributed by atoms with Gasteiger partial charge in [0.2, 0.25) is 0 Å². The number of fused-ring (bicyclic) bond motifs is 1. The SMILES string of the molecule is Oc1c(-c2ccccc2)cc(C=Nc2ccc3ccccc3c2)cc1-c1ccccc1. The van der Waals surface area contributed by atoms with Crippen molar-refractivity contribution in [2.75, 3.05) is 0 Å². The van der Waals surface area contributed by atoms with Gasteiger partial charge >= 0.3 is 0 Å². The lowest BCUT2D eigenvalue weighted by Gasteiger charge is -2.12. The van der Waals surface area contributed by atoms with Crippen LogP contribution < -0.4 is 0 Å². The number of rotatable bonds is 4. The third-order valence-corrected chi connectivity index (χ3v) is 5.40. The standard InChI is InChI=1S/C29H21NO/c31-29-27(23-10-3-1-4-11-23)17-21(18-28(29)24-12-5-2-6-13-24)20-30-26-16-15-22-9-7-8-14-25(22)19-26/h1-20,31H. The Hall–Kier alpha value is -4.17. The van der Waals surface area contributed by atoms with Crippen LogP contribution in [0, 0.1) is 0 Å². The van der Waals surface area contributed by atoms with Crippen LogP contribution in [0.5, 0.6) is 5.75 Å². The second-order valence-electron chi connectivity index (χ2n) is 7.49. The summed E-state index contributed by atoms with van der Waals surface area (Å²) < 4.78 is 0. The summed E-state index contributed by atoms with van der Waals surface area (Å²) in [6, 6.07) is 38.3. The number of aromatic hydroxyl groups is 1. The van der Waals surface area contributed by atoms with E-state index in [9.17, 15) is 5.11 Å². The van der Waals surface area contributed by atoms with Crippen LogP contribution in [-0.2, 0) is 0 Å². The Labute approximate surface area is 181 Å². The first-order valence-electron chi connectivity index (χ1n) is 10.3. The average molecular weight is 399 g/mol. The molecule has 0 saturated heterocycles. The van der Waals surface area contributed by atoms with Crippen molar-refractivity contribution in [1.29, 1.82) is 0 Å². The van der Waals surface area contributed by atoms with Crippen molar-refractivity contribution < 1.29 is 5.11 Å². The van der Waals surface area contributed by atoms with Gasteiger partial charge in [-0.2, -0.15) is 0 Å². The molecule has 0 spiro atoms. The van der Waals surface area contributed by atoms with E-state index >= 15 is 0 Å². The monoisotopic (exact) mass is 399 g/mol. The molecule has 0 amide bonds. The van der Waals surface area contributed by atoms with Crippen molar-refractivity contribution in [2.45, 2.75) is 0 Å². The van der Waals surface area contributed by atoms with Crippen LogP contribution in [0.2, 0.25) is 0 Å². The molecule has 31 heavy (non-hydrogen) atoms. The summed E-state index contributed by atoms with van der Waals surface area (Å²) in [5.41, 5.74) is 5.36. The molecular formula is C29H21NO. The molecule has 0 aliphatic heterocycles. The zero-order valence-electron chi connectivity index (χ0n) is 16.9. The van der Waals surface area contributed by atoms with Gasteiger partial charge in [-0.25, -0.2) is 0 Å². The molecule has 5 rings (SSSR count). The molecular weight excluding hydrogens is 378 g/mol. The molecule has 0 aromatic heterocycles. The molecule has 0 saturated carbocycles. The van der Waals surface area contributed by atoms with E-state index in [-0.39, 0.29) is 5.75 Å². The Morgan fingerprint density at radius 1 is 0.548 bits per heavy atom. The molecule has 0 bridgehead atoms. The largest absolute Gasteiger partial charge is 0.507 e. The molecule has 0 aliphatic rings. The summed E-state index contributed by atoms with van der Waals surface area (Å²) in [6.07, 6.45) is 1.86. The second kappa shape index (κ2) is 8.29. The third-order valence-electron chi connectivity index (χ3n) is 5.40. The first-order valence-corrected chi connectivity index (χ1v) is 10.3. The third kappa shape index (κ3) is 3.96. The van der Waals surface area contributed by atoms with E-state index in [2.05, 4.69) is 24.3 Å². The Morgan fingerprint density at radius 2 is 1.10 bits per heavy atom. The van der Waals surface area contributed by atoms with Crippen molar-refractivity contribution in [3.05, 3.63) is 121 Å². The first-order chi connectivity index (χ1) is 15.3. The molecule has 0 heterocycles. The van der Waals surface area contributed by atoms with Crippen molar-refractivity contribution >= 4 is 22.7 Å². The highest BCUT2D eigenvalue weighted by Crippen LogP contribution is 2.39. The van der Waals surface area contributed by atoms with Crippen molar-refractivity contribution in [3.8, 4) is 28.0 Å². The highest BCUT2D eigenvalue weighted by atomic mass is 16.3. The predicted octanol–water partition coefficient (Wildman–Crippen LogP) is 7.63. The highest BCUT2D eigenvalue weighted by molar-refractivity contribution is 5.92. The van der Waals surface area contributed by atoms with E-state index in [4.69, 9.17) is 4.99 Å². The summed E-state index contributed by atoms with van der Waals surface area (Å²) in [5, 5.41) is 13.4. The van der Waals surface area contributed by atoms with Gasteiger partial charge in [0.25, 0.3) is 0 Å². The maximum Gasteiger partial charge on any atom is 0.131 e. The fraction of sp³-hybridized carbons (Fsp3) is 0. The zero-order chi connectivity index (χ0) is 21.0. The van der Waals surface area contributed by atoms with Crippen molar-refractivity contribution in [3.63, 3.8) is 0 Å². The van der Waals surface area contributed by atoms with Crippen molar-refractivity contribution in [1.82, 2.24) is 0 Å². The number of hydrogen-bond acceptors (Lipinski definition) is 2. The summed E-state index contributed by atoms with van der Waals surface area (Å²) in [5.74, 6) is 0.278. The molecule has 2 heteroatoms. The first kappa shape index (κ1) is 18.8. The molecule has 0 fully saturated rings. The predicted molar refractivity (Wildman–Crippen MR) is 130 cm³/mol. The fourth-order valence-electron chi connectivity index (χ4n) is 3.81. The molecule has 0 aliphatic carbocycles. The van der Waals surface area contributed by atoms with Gasteiger partial charge in [0, 0.05) is 17.3 Å². The Morgan fingerprint density at radius 3 is 1.71 bits per heavy atom. The van der Waals surface area contributed by atoms with Gasteiger partial charge in [0.1, 0.15) is 5.75 Å². The lowest BCUT2D eigenvalue weighted by atomic mass is 9.95. The van der Waals surface area contributed by atoms with E-state index in [1.165, 1.54) is 5.39 Å². The minimum Gasteiger partial charge on any atom is -0.507 e. The van der Waals surface area contributed by atoms with E-state index in [1.54, 1.807) is 0 Å². The van der Waals surface area contributed by atoms with Gasteiger partial charge in [-0.3, -0.25) is 4.99 Å². The maximum atomic E-state index is 11.1. The summed E-state index contributed by atoms with van der Waals surface area (Å²) >= 11 is 0. The number of hydrogen-bond donors (Lipinski definition) is 1. The van der Waals surface area contributed by atoms with E-state index < -0.39 is 0 Å². The van der Waals surface area contributed by atoms with E-state index in [0.29, 0.717) is 0 Å². The molecule has 1 N–H and O–H groups in total. The number of nitrogens with zero attached hydrogens (tertiary/aromatic N) is 1. The number of benzene rings is 5. The molecule has 5 aromatic rings. The molecule has 2 nitrogen and oxygen atoms in total. The summed E-state index contributed by atoms with van der Waals surface area (Å²) in [7, 11) is 0. The highest BCUT2D eigenvalue weighted by Gasteiger charge is 2.13. The Bertz CT molecular complexity index is 1310. The molecule has 148 valence electrons. The topological polar surface area (TPSA) is 32.6 Å². The second-order valence-corrected chi connectivity index (χ2v) is 7.49. The quantitative estimate of drug-likeness (QED) is 0.310. The van der Waals surface area contributed by atoms with E-state index in [1.807, 2.05) is 97.2 Å². The average Bonchev–Trinajstić information content (AvgIpc) is 2.84. The van der Waals surface area contributed by atoms with Gasteiger partial charge < -0.3 is 5.11 Å². The van der Waals surface area contributed by atoms with Crippen LogP contribution in [0.15, 0.2) is 120 Å². The number of aliphatic imine (C=N–C) groups is 1. The van der Waals surface area contributed by atoms with E-state index in [0.717, 1.165) is 38.9 Å². The summed E-state index contributed by atoms with van der Waals surface area (Å²) in [4.78, 5) is 4.72. The Balaban J connectivity index is 1.61. The van der Waals surface area contributed by atoms with Crippen LogP contribution in [-0.4, -0.2) is 11.3 Å². The maximum absolute atomic E-state index is 11.1. The fourth-order valence-corrected chi connectivity index (χ4v) is 3.81. The zero-order valence-corrected chi connectivity index (χ0v) is 16.9. The van der Waals surface area contributed by atoms with Gasteiger partial charge in [-0.05, 0) is 51.7 Å². The van der Waals surface area contributed by atoms with Gasteiger partial charge in [0.05, 0.1) is 5.69 Å². The van der Waals surface area contributed by atoms with Crippen LogP contribution in [0.25, 0.3) is 33.0 Å². The van der Waals surface area contributed by atoms with Gasteiger partial charge in [-0.15, -0.1) is 0 Å². The molecule has 0 unspecified atom stereocenters. The molecule has 0 radical (unpaired) electrons. The minimum absolute atomic E-state index is 0.278. The molecule has 0 atom stereocenters. The molecule has 5 aromatic carbocycles. The normalized spacial score (nSPS) is 11.2. The lowest BCUT2D eigenvalue weighted by molar-refractivity contribution is 0.479.